The first-order valence-electron chi connectivity index (χ1n) is 27.7. The van der Waals surface area contributed by atoms with Gasteiger partial charge in [0.2, 0.25) is 11.8 Å². The van der Waals surface area contributed by atoms with E-state index in [2.05, 4.69) is 30.5 Å². The number of nitrogens with one attached hydrogen (secondary N) is 2. The number of nitrogens with zero attached hydrogens (tertiary/aromatic N) is 7. The van der Waals surface area contributed by atoms with E-state index in [-0.39, 0.29) is 73.5 Å². The van der Waals surface area contributed by atoms with Crippen LogP contribution in [0.3, 0.4) is 0 Å². The number of phenolic OH excluding ortho intramolecular Hbond substituents is 1. The Balaban J connectivity index is 0.801. The number of aromatic nitrogens is 4. The van der Waals surface area contributed by atoms with E-state index >= 15 is 8.78 Å². The molecule has 6 heterocycles. The van der Waals surface area contributed by atoms with Crippen LogP contribution in [0.15, 0.2) is 54.2 Å². The third kappa shape index (κ3) is 12.0. The van der Waals surface area contributed by atoms with Crippen molar-refractivity contribution in [3.63, 3.8) is 0 Å². The quantitative estimate of drug-likeness (QED) is 0.0546. The van der Waals surface area contributed by atoms with Gasteiger partial charge >= 0.3 is 6.01 Å². The van der Waals surface area contributed by atoms with E-state index in [4.69, 9.17) is 14.5 Å². The van der Waals surface area contributed by atoms with Crippen molar-refractivity contribution in [2.45, 2.75) is 141 Å². The molecular weight excluding hydrogens is 1050 g/mol. The van der Waals surface area contributed by atoms with Crippen molar-refractivity contribution in [1.29, 1.82) is 0 Å². The van der Waals surface area contributed by atoms with Crippen LogP contribution in [0.1, 0.15) is 102 Å². The van der Waals surface area contributed by atoms with Gasteiger partial charge in [-0.3, -0.25) is 19.4 Å². The number of aliphatic hydroxyl groups is 2. The number of rotatable bonds is 17. The van der Waals surface area contributed by atoms with Crippen LogP contribution >= 0.6 is 11.3 Å². The zero-order chi connectivity index (χ0) is 56.8. The first-order valence-corrected chi connectivity index (χ1v) is 28.6. The molecule has 5 N–H and O–H groups in total. The number of carbonyl (C=O) groups is 3. The van der Waals surface area contributed by atoms with Crippen molar-refractivity contribution in [3.05, 3.63) is 81.8 Å². The molecule has 3 aromatic heterocycles. The highest BCUT2D eigenvalue weighted by Crippen LogP contribution is 2.42. The number of fused-ring (bicyclic) bond motifs is 2. The lowest BCUT2D eigenvalue weighted by molar-refractivity contribution is -0.145. The summed E-state index contributed by atoms with van der Waals surface area (Å²) in [6.45, 7) is 14.0. The summed E-state index contributed by atoms with van der Waals surface area (Å²) in [5.74, 6) is -2.31. The summed E-state index contributed by atoms with van der Waals surface area (Å²) in [5, 5.41) is 39.5. The Morgan fingerprint density at radius 1 is 1.00 bits per heavy atom. The molecule has 0 radical (unpaired) electrons. The van der Waals surface area contributed by atoms with Gasteiger partial charge in [-0.15, -0.1) is 11.3 Å². The Morgan fingerprint density at radius 2 is 1.77 bits per heavy atom. The van der Waals surface area contributed by atoms with Gasteiger partial charge in [-0.05, 0) is 111 Å². The van der Waals surface area contributed by atoms with Crippen LogP contribution < -0.4 is 25.0 Å². The minimum Gasteiger partial charge on any atom is -0.508 e. The van der Waals surface area contributed by atoms with Gasteiger partial charge in [-0.2, -0.15) is 9.97 Å². The molecule has 10 rings (SSSR count). The highest BCUT2D eigenvalue weighted by Gasteiger charge is 2.53. The number of aromatic hydroxyl groups is 1. The van der Waals surface area contributed by atoms with Crippen molar-refractivity contribution in [3.8, 4) is 40.0 Å². The molecule has 80 heavy (non-hydrogen) atoms. The number of aliphatic hydroxyl groups excluding tert-OH is 1. The number of pyridine rings is 1. The van der Waals surface area contributed by atoms with Crippen LogP contribution in [0, 0.1) is 24.0 Å². The summed E-state index contributed by atoms with van der Waals surface area (Å²) < 4.78 is 60.1. The van der Waals surface area contributed by atoms with Gasteiger partial charge in [-0.1, -0.05) is 45.9 Å². The Kier molecular flexibility index (Phi) is 16.1. The Morgan fingerprint density at radius 3 is 2.48 bits per heavy atom. The molecule has 3 aliphatic heterocycles. The van der Waals surface area contributed by atoms with E-state index in [9.17, 15) is 34.1 Å². The monoisotopic (exact) mass is 1120 g/mol. The maximum Gasteiger partial charge on any atom is 0.319 e. The maximum atomic E-state index is 17.2. The number of hydrogen-bond acceptors (Lipinski definition) is 15. The molecule has 4 fully saturated rings. The van der Waals surface area contributed by atoms with Crippen molar-refractivity contribution >= 4 is 56.6 Å². The molecule has 3 aromatic carbocycles. The molecule has 0 unspecified atom stereocenters. The average Bonchev–Trinajstić information content (AvgIpc) is 3.86. The summed E-state index contributed by atoms with van der Waals surface area (Å²) in [5.41, 5.74) is 0.759. The zero-order valence-electron chi connectivity index (χ0n) is 46.1. The van der Waals surface area contributed by atoms with Gasteiger partial charge in [0.25, 0.3) is 5.91 Å². The number of likely N-dealkylation sites (tertiary alicyclic amines) is 2. The molecule has 3 saturated heterocycles. The Bertz CT molecular complexity index is 3320. The normalized spacial score (nSPS) is 21.0. The smallest absolute Gasteiger partial charge is 0.319 e. The topological polar surface area (TPSA) is 216 Å². The molecule has 6 aromatic rings. The summed E-state index contributed by atoms with van der Waals surface area (Å²) in [6.07, 6.45) is 3.91. The zero-order valence-corrected chi connectivity index (χ0v) is 46.9. The van der Waals surface area contributed by atoms with Crippen molar-refractivity contribution in [2.24, 2.45) is 5.41 Å². The number of hydrogen-bond donors (Lipinski definition) is 5. The van der Waals surface area contributed by atoms with Crippen LogP contribution in [0.2, 0.25) is 0 Å². The lowest BCUT2D eigenvalue weighted by Gasteiger charge is -2.38. The number of anilines is 1. The van der Waals surface area contributed by atoms with Gasteiger partial charge in [-0.25, -0.2) is 18.2 Å². The summed E-state index contributed by atoms with van der Waals surface area (Å²) >= 11 is 1.53. The SMILES string of the molecule is CCc1c(F)ccc2cc(O)cc(-c3ncc4c(N5CCC[C@@](C)(O)C5)nc(OC5CCN(CCCOc6cc(-c7ncsc7C)ccc6CNC(=O)[C@@H]6C[C@@H](O)CN6C(=O)[C@@H](NC(=O)C6(F)CC6)C(C)(C)C)CC5)nc4c3F)c12. The number of phenols is 1. The van der Waals surface area contributed by atoms with Gasteiger partial charge in [0.1, 0.15) is 52.5 Å². The molecule has 1 saturated carbocycles. The number of halogens is 3. The summed E-state index contributed by atoms with van der Waals surface area (Å²) in [4.78, 5) is 65.9. The van der Waals surface area contributed by atoms with Crippen molar-refractivity contribution in [2.75, 3.05) is 50.8 Å². The fourth-order valence-electron chi connectivity index (χ4n) is 11.4. The minimum atomic E-state index is -2.00. The van der Waals surface area contributed by atoms with Crippen molar-refractivity contribution < 1.29 is 52.3 Å². The molecule has 426 valence electrons. The molecule has 0 bridgehead atoms. The summed E-state index contributed by atoms with van der Waals surface area (Å²) in [7, 11) is 0. The lowest BCUT2D eigenvalue weighted by Crippen LogP contribution is -2.59. The van der Waals surface area contributed by atoms with E-state index in [0.717, 1.165) is 16.1 Å². The first-order chi connectivity index (χ1) is 38.1. The predicted octanol–water partition coefficient (Wildman–Crippen LogP) is 8.10. The molecule has 21 heteroatoms. The lowest BCUT2D eigenvalue weighted by atomic mass is 9.85. The molecule has 4 atom stereocenters. The van der Waals surface area contributed by atoms with Crippen LogP contribution in [-0.2, 0) is 27.3 Å². The molecular formula is C59H70F3N9O8S. The van der Waals surface area contributed by atoms with E-state index < -0.39 is 64.2 Å². The van der Waals surface area contributed by atoms with Gasteiger partial charge in [0, 0.05) is 80.0 Å². The standard InChI is InChI=1S/C59H70F3N9O8S/c1-7-40-43(60)13-12-34-24-37(72)26-41(46(34)40)49-47(61)50-42(29-63-49)52(70-20-8-16-58(6,77)31-70)68-56(66-50)79-39-14-21-69(22-15-39)19-9-23-78-45-25-35(48-33(2)80-32-65-48)10-11-36(45)28-64-53(74)44-27-38(73)30-71(44)54(75)51(57(3,4)5)67-55(76)59(62)17-18-59/h10-13,24-26,29,32,38-39,44,51,72-73,77H,7-9,14-23,27-28,30-31H2,1-6H3,(H,64,74)(H,67,76)/t38-,44+,51-,58-/m1/s1. The van der Waals surface area contributed by atoms with Gasteiger partial charge in [0.15, 0.2) is 11.5 Å². The molecule has 4 aliphatic rings. The predicted molar refractivity (Wildman–Crippen MR) is 298 cm³/mol. The molecule has 17 nitrogen and oxygen atoms in total. The van der Waals surface area contributed by atoms with E-state index in [1.807, 2.05) is 36.9 Å². The van der Waals surface area contributed by atoms with Crippen LogP contribution in [-0.4, -0.2) is 144 Å². The fraction of sp³-hybridized carbons (Fsp3) is 0.508. The summed E-state index contributed by atoms with van der Waals surface area (Å²) in [6, 6.07) is 9.32. The van der Waals surface area contributed by atoms with Gasteiger partial charge in [0.05, 0.1) is 34.9 Å². The molecule has 3 amide bonds. The largest absolute Gasteiger partial charge is 0.508 e. The number of benzene rings is 3. The Hall–Kier alpha value is -6.68. The van der Waals surface area contributed by atoms with E-state index in [0.29, 0.717) is 110 Å². The van der Waals surface area contributed by atoms with E-state index in [1.54, 1.807) is 39.3 Å². The maximum absolute atomic E-state index is 17.2. The van der Waals surface area contributed by atoms with Crippen LogP contribution in [0.4, 0.5) is 19.0 Å². The number of piperidine rings is 2. The van der Waals surface area contributed by atoms with E-state index in [1.165, 1.54) is 40.6 Å². The Labute approximate surface area is 466 Å². The number of carbonyl (C=O) groups excluding carboxylic acids is 3. The third-order valence-electron chi connectivity index (χ3n) is 15.9. The molecule has 0 spiro atoms. The highest BCUT2D eigenvalue weighted by atomic mass is 32.1. The average molecular weight is 1120 g/mol. The molecule has 1 aliphatic carbocycles. The number of ether oxygens (including phenoxy) is 2. The number of thiazole rings is 1. The van der Waals surface area contributed by atoms with Crippen molar-refractivity contribution in [1.82, 2.24) is 40.4 Å². The number of alkyl halides is 1. The second kappa shape index (κ2) is 22.7. The third-order valence-corrected chi connectivity index (χ3v) is 16.7. The number of amides is 3. The van der Waals surface area contributed by atoms with Crippen LogP contribution in [0.5, 0.6) is 17.5 Å². The van der Waals surface area contributed by atoms with Gasteiger partial charge < -0.3 is 50.1 Å². The minimum absolute atomic E-state index is 0.00404. The number of aryl methyl sites for hydroxylation is 2. The van der Waals surface area contributed by atoms with Crippen LogP contribution in [0.25, 0.3) is 44.2 Å². The second-order valence-corrected chi connectivity index (χ2v) is 24.4. The highest BCUT2D eigenvalue weighted by molar-refractivity contribution is 7.10. The number of β-amino-alcohol motifs (C(OH)–C–C–N with tert-alkyl or cyclic N) is 2. The first kappa shape index (κ1) is 56.6. The second-order valence-electron chi connectivity index (χ2n) is 23.3. The fourth-order valence-corrected chi connectivity index (χ4v) is 12.0.